The van der Waals surface area contributed by atoms with Gasteiger partial charge in [-0.15, -0.1) is 0 Å². The molecule has 0 unspecified atom stereocenters. The Labute approximate surface area is 170 Å². The molecule has 3 aromatic carbocycles. The van der Waals surface area contributed by atoms with Gasteiger partial charge in [0, 0.05) is 22.1 Å². The molecule has 1 aliphatic rings. The van der Waals surface area contributed by atoms with Crippen molar-refractivity contribution in [3.05, 3.63) is 75.2 Å². The van der Waals surface area contributed by atoms with Crippen LogP contribution >= 0.6 is 0 Å². The predicted molar refractivity (Wildman–Crippen MR) is 113 cm³/mol. The highest BCUT2D eigenvalue weighted by Crippen LogP contribution is 2.36. The molecule has 1 aliphatic heterocycles. The van der Waals surface area contributed by atoms with Crippen LogP contribution in [0.25, 0.3) is 21.8 Å². The van der Waals surface area contributed by atoms with Crippen molar-refractivity contribution in [2.24, 2.45) is 0 Å². The van der Waals surface area contributed by atoms with E-state index < -0.39 is 11.8 Å². The lowest BCUT2D eigenvalue weighted by atomic mass is 9.91. The number of hydrogen-bond acceptors (Lipinski definition) is 4. The third kappa shape index (κ3) is 2.48. The number of aliphatic hydroxyl groups excluding tert-OH is 1. The van der Waals surface area contributed by atoms with Gasteiger partial charge in [0.1, 0.15) is 6.61 Å². The fraction of sp³-hybridized carbons (Fsp3) is 0.0870. The second-order valence-corrected chi connectivity index (χ2v) is 7.06. The molecule has 0 saturated carbocycles. The highest BCUT2D eigenvalue weighted by molar-refractivity contribution is 6.36. The summed E-state index contributed by atoms with van der Waals surface area (Å²) in [6.07, 6.45) is 0. The molecule has 0 radical (unpaired) electrons. The number of carbonyl (C=O) groups excluding carboxylic acids is 2. The van der Waals surface area contributed by atoms with E-state index in [1.165, 1.54) is 0 Å². The molecule has 0 atom stereocenters. The van der Waals surface area contributed by atoms with Gasteiger partial charge in [0.2, 0.25) is 0 Å². The quantitative estimate of drug-likeness (QED) is 0.339. The zero-order valence-corrected chi connectivity index (χ0v) is 15.9. The molecule has 4 aromatic rings. The molecular formula is C23H15N3O4. The predicted octanol–water partition coefficient (Wildman–Crippen LogP) is 2.46. The number of aromatic amines is 2. The van der Waals surface area contributed by atoms with Crippen LogP contribution in [0, 0.1) is 18.8 Å². The molecule has 30 heavy (non-hydrogen) atoms. The molecule has 0 aliphatic carbocycles. The van der Waals surface area contributed by atoms with E-state index in [4.69, 9.17) is 5.11 Å². The number of aliphatic hydroxyl groups is 1. The van der Waals surface area contributed by atoms with Crippen molar-refractivity contribution in [3.8, 4) is 11.8 Å². The first-order valence-corrected chi connectivity index (χ1v) is 9.26. The van der Waals surface area contributed by atoms with Gasteiger partial charge in [-0.25, -0.2) is 9.69 Å². The molecule has 146 valence electrons. The van der Waals surface area contributed by atoms with Gasteiger partial charge < -0.3 is 15.1 Å². The number of imide groups is 1. The van der Waals surface area contributed by atoms with Crippen LogP contribution in [-0.4, -0.2) is 33.5 Å². The Kier molecular flexibility index (Phi) is 3.85. The van der Waals surface area contributed by atoms with Crippen molar-refractivity contribution in [2.75, 3.05) is 11.5 Å². The van der Waals surface area contributed by atoms with Crippen LogP contribution < -0.4 is 10.6 Å². The minimum atomic E-state index is -0.439. The van der Waals surface area contributed by atoms with Gasteiger partial charge in [-0.05, 0) is 48.2 Å². The number of carbonyl (C=O) groups is 2. The number of fused-ring (bicyclic) bond motifs is 1. The van der Waals surface area contributed by atoms with Gasteiger partial charge in [0.05, 0.1) is 16.7 Å². The van der Waals surface area contributed by atoms with E-state index in [0.717, 1.165) is 4.90 Å². The maximum absolute atomic E-state index is 13.4. The number of hydrogen-bond donors (Lipinski definition) is 3. The maximum atomic E-state index is 13.4. The molecule has 0 saturated heterocycles. The second kappa shape index (κ2) is 6.44. The Hall–Kier alpha value is -4.15. The van der Waals surface area contributed by atoms with E-state index in [0.29, 0.717) is 49.7 Å². The SMILES string of the molecule is Cc1cc2[nH]c(=O)[nH]c2cc1N1C(=O)c2cccc3c(C#CCO)ccc(c23)C1=O. The Morgan fingerprint density at radius 3 is 2.40 bits per heavy atom. The summed E-state index contributed by atoms with van der Waals surface area (Å²) >= 11 is 0. The van der Waals surface area contributed by atoms with Crippen LogP contribution in [0.5, 0.6) is 0 Å². The third-order valence-corrected chi connectivity index (χ3v) is 5.28. The van der Waals surface area contributed by atoms with Crippen LogP contribution in [0.1, 0.15) is 31.8 Å². The summed E-state index contributed by atoms with van der Waals surface area (Å²) in [4.78, 5) is 44.9. The summed E-state index contributed by atoms with van der Waals surface area (Å²) in [7, 11) is 0. The van der Waals surface area contributed by atoms with E-state index in [-0.39, 0.29) is 12.3 Å². The van der Waals surface area contributed by atoms with Crippen molar-refractivity contribution in [1.29, 1.82) is 0 Å². The normalized spacial score (nSPS) is 13.1. The minimum absolute atomic E-state index is 0.280. The number of rotatable bonds is 1. The monoisotopic (exact) mass is 397 g/mol. The molecule has 5 rings (SSSR count). The van der Waals surface area contributed by atoms with E-state index in [9.17, 15) is 14.4 Å². The largest absolute Gasteiger partial charge is 0.384 e. The molecule has 3 N–H and O–H groups in total. The van der Waals surface area contributed by atoms with Crippen LogP contribution in [0.3, 0.4) is 0 Å². The van der Waals surface area contributed by atoms with Crippen molar-refractivity contribution < 1.29 is 14.7 Å². The first-order valence-electron chi connectivity index (χ1n) is 9.26. The molecule has 2 amide bonds. The zero-order valence-electron chi connectivity index (χ0n) is 15.9. The third-order valence-electron chi connectivity index (χ3n) is 5.28. The average molecular weight is 397 g/mol. The van der Waals surface area contributed by atoms with E-state index in [2.05, 4.69) is 21.8 Å². The summed E-state index contributed by atoms with van der Waals surface area (Å²) in [5.41, 5.74) is 3.30. The summed E-state index contributed by atoms with van der Waals surface area (Å²) in [6, 6.07) is 12.0. The molecule has 0 bridgehead atoms. The number of nitrogens with zero attached hydrogens (tertiary/aromatic N) is 1. The van der Waals surface area contributed by atoms with Crippen LogP contribution in [0.4, 0.5) is 5.69 Å². The van der Waals surface area contributed by atoms with Gasteiger partial charge in [-0.1, -0.05) is 24.0 Å². The topological polar surface area (TPSA) is 106 Å². The standard InChI is InChI=1S/C23H15N3O4/c1-12-10-17-18(25-23(30)24-17)11-19(12)26-21(28)15-6-2-5-14-13(4-3-9-27)7-8-16(20(14)15)22(26)29/h2,5-8,10-11,27H,9H2,1H3,(H2,24,25,30). The van der Waals surface area contributed by atoms with E-state index in [1.54, 1.807) is 43.3 Å². The zero-order chi connectivity index (χ0) is 21.0. The average Bonchev–Trinajstić information content (AvgIpc) is 3.09. The lowest BCUT2D eigenvalue weighted by Crippen LogP contribution is -2.40. The summed E-state index contributed by atoms with van der Waals surface area (Å²) in [6.45, 7) is 1.50. The van der Waals surface area contributed by atoms with Crippen LogP contribution in [0.2, 0.25) is 0 Å². The van der Waals surface area contributed by atoms with Crippen LogP contribution in [-0.2, 0) is 0 Å². The van der Waals surface area contributed by atoms with Gasteiger partial charge >= 0.3 is 5.69 Å². The number of benzene rings is 3. The fourth-order valence-corrected chi connectivity index (χ4v) is 3.98. The molecule has 2 heterocycles. The smallest absolute Gasteiger partial charge is 0.323 e. The lowest BCUT2D eigenvalue weighted by Gasteiger charge is -2.28. The minimum Gasteiger partial charge on any atom is -0.384 e. The van der Waals surface area contributed by atoms with Crippen molar-refractivity contribution in [2.45, 2.75) is 6.92 Å². The molecule has 0 fully saturated rings. The van der Waals surface area contributed by atoms with Gasteiger partial charge in [0.25, 0.3) is 11.8 Å². The van der Waals surface area contributed by atoms with Crippen LogP contribution in [0.15, 0.2) is 47.3 Å². The summed E-state index contributed by atoms with van der Waals surface area (Å²) in [5, 5.41) is 10.2. The van der Waals surface area contributed by atoms with Crippen molar-refractivity contribution >= 4 is 39.3 Å². The molecule has 7 nitrogen and oxygen atoms in total. The molecule has 0 spiro atoms. The van der Waals surface area contributed by atoms with Crippen molar-refractivity contribution in [1.82, 2.24) is 9.97 Å². The first kappa shape index (κ1) is 17.9. The fourth-order valence-electron chi connectivity index (χ4n) is 3.98. The number of nitrogens with one attached hydrogen (secondary N) is 2. The number of imidazole rings is 1. The Bertz CT molecular complexity index is 1490. The number of H-pyrrole nitrogens is 2. The maximum Gasteiger partial charge on any atom is 0.323 e. The Morgan fingerprint density at radius 2 is 1.67 bits per heavy atom. The summed E-state index contributed by atoms with van der Waals surface area (Å²) in [5.74, 6) is 4.60. The Morgan fingerprint density at radius 1 is 0.967 bits per heavy atom. The van der Waals surface area contributed by atoms with Gasteiger partial charge in [-0.2, -0.15) is 0 Å². The second-order valence-electron chi connectivity index (χ2n) is 7.06. The highest BCUT2D eigenvalue weighted by Gasteiger charge is 2.35. The number of aryl methyl sites for hydroxylation is 1. The molecule has 1 aromatic heterocycles. The molecular weight excluding hydrogens is 382 g/mol. The number of aromatic nitrogens is 2. The number of amides is 2. The van der Waals surface area contributed by atoms with E-state index >= 15 is 0 Å². The number of anilines is 1. The highest BCUT2D eigenvalue weighted by atomic mass is 16.2. The Balaban J connectivity index is 1.75. The van der Waals surface area contributed by atoms with E-state index in [1.807, 2.05) is 6.07 Å². The van der Waals surface area contributed by atoms with Gasteiger partial charge in [0.15, 0.2) is 0 Å². The lowest BCUT2D eigenvalue weighted by molar-refractivity contribution is 0.0893. The van der Waals surface area contributed by atoms with Crippen molar-refractivity contribution in [3.63, 3.8) is 0 Å². The summed E-state index contributed by atoms with van der Waals surface area (Å²) < 4.78 is 0. The molecule has 7 heteroatoms. The first-order chi connectivity index (χ1) is 14.5. The van der Waals surface area contributed by atoms with Gasteiger partial charge in [-0.3, -0.25) is 9.59 Å².